The van der Waals surface area contributed by atoms with Gasteiger partial charge in [0.15, 0.2) is 0 Å². The first-order valence-corrected chi connectivity index (χ1v) is 12.7. The van der Waals surface area contributed by atoms with E-state index in [0.29, 0.717) is 16.9 Å². The quantitative estimate of drug-likeness (QED) is 0.277. The number of rotatable bonds is 5. The SMILES string of the molecule is COc1cccc(C2/C(=C(\O)c3ccc(Br)c(C)c3)C(=O)C(=O)N2c2ccc(S(N)(=O)=O)cc2)c1. The third kappa shape index (κ3) is 4.60. The van der Waals surface area contributed by atoms with Crippen LogP contribution in [0.15, 0.2) is 81.7 Å². The van der Waals surface area contributed by atoms with Crippen molar-refractivity contribution >= 4 is 49.1 Å². The van der Waals surface area contributed by atoms with Crippen LogP contribution in [0.3, 0.4) is 0 Å². The van der Waals surface area contributed by atoms with Gasteiger partial charge in [0, 0.05) is 15.7 Å². The van der Waals surface area contributed by atoms with Crippen molar-refractivity contribution in [2.75, 3.05) is 12.0 Å². The largest absolute Gasteiger partial charge is 0.507 e. The van der Waals surface area contributed by atoms with E-state index in [0.717, 1.165) is 10.0 Å². The Kier molecular flexibility index (Phi) is 6.54. The Labute approximate surface area is 210 Å². The molecule has 180 valence electrons. The molecule has 1 aliphatic rings. The minimum absolute atomic E-state index is 0.0968. The number of ether oxygens (including phenoxy) is 1. The summed E-state index contributed by atoms with van der Waals surface area (Å²) in [4.78, 5) is 27.6. The van der Waals surface area contributed by atoms with Crippen LogP contribution < -0.4 is 14.8 Å². The Balaban J connectivity index is 1.94. The highest BCUT2D eigenvalue weighted by molar-refractivity contribution is 9.10. The Morgan fingerprint density at radius 2 is 1.74 bits per heavy atom. The number of Topliss-reactive ketones (excluding diaryl/α,β-unsaturated/α-hetero) is 1. The fraction of sp³-hybridized carbons (Fsp3) is 0.120. The molecule has 4 rings (SSSR count). The molecule has 8 nitrogen and oxygen atoms in total. The smallest absolute Gasteiger partial charge is 0.300 e. The van der Waals surface area contributed by atoms with E-state index >= 15 is 0 Å². The zero-order valence-electron chi connectivity index (χ0n) is 18.7. The number of carbonyl (C=O) groups excluding carboxylic acids is 2. The van der Waals surface area contributed by atoms with Crippen LogP contribution in [0, 0.1) is 6.92 Å². The van der Waals surface area contributed by atoms with Crippen LogP contribution in [0.25, 0.3) is 5.76 Å². The predicted molar refractivity (Wildman–Crippen MR) is 134 cm³/mol. The van der Waals surface area contributed by atoms with Gasteiger partial charge in [-0.1, -0.05) is 34.1 Å². The Bertz CT molecular complexity index is 1480. The van der Waals surface area contributed by atoms with Crippen molar-refractivity contribution in [1.82, 2.24) is 0 Å². The number of hydrogen-bond acceptors (Lipinski definition) is 6. The molecule has 1 aliphatic heterocycles. The Morgan fingerprint density at radius 1 is 1.06 bits per heavy atom. The van der Waals surface area contributed by atoms with Gasteiger partial charge in [-0.25, -0.2) is 13.6 Å². The van der Waals surface area contributed by atoms with Crippen LogP contribution in [0.5, 0.6) is 5.75 Å². The van der Waals surface area contributed by atoms with Crippen LogP contribution in [0.4, 0.5) is 5.69 Å². The number of amides is 1. The zero-order chi connectivity index (χ0) is 25.5. The van der Waals surface area contributed by atoms with E-state index in [1.165, 1.54) is 36.3 Å². The maximum Gasteiger partial charge on any atom is 0.300 e. The molecule has 1 atom stereocenters. The molecular formula is C25H21BrN2O6S. The van der Waals surface area contributed by atoms with Crippen molar-refractivity contribution in [3.05, 3.63) is 93.5 Å². The molecule has 1 heterocycles. The lowest BCUT2D eigenvalue weighted by Gasteiger charge is -2.26. The van der Waals surface area contributed by atoms with Crippen LogP contribution in [-0.4, -0.2) is 32.3 Å². The number of primary sulfonamides is 1. The van der Waals surface area contributed by atoms with Gasteiger partial charge in [-0.05, 0) is 66.6 Å². The summed E-state index contributed by atoms with van der Waals surface area (Å²) < 4.78 is 29.5. The van der Waals surface area contributed by atoms with Crippen molar-refractivity contribution in [3.63, 3.8) is 0 Å². The lowest BCUT2D eigenvalue weighted by atomic mass is 9.94. The Morgan fingerprint density at radius 3 is 2.34 bits per heavy atom. The first kappa shape index (κ1) is 24.6. The summed E-state index contributed by atoms with van der Waals surface area (Å²) >= 11 is 3.42. The summed E-state index contributed by atoms with van der Waals surface area (Å²) in [6.45, 7) is 1.84. The third-order valence-electron chi connectivity index (χ3n) is 5.73. The summed E-state index contributed by atoms with van der Waals surface area (Å²) in [5.74, 6) is -1.56. The standard InChI is InChI=1S/C25H21BrN2O6S/c1-14-12-16(6-11-20(14)26)23(29)21-22(15-4-3-5-18(13-15)34-2)28(25(31)24(21)30)17-7-9-19(10-8-17)35(27,32)33/h3-13,22,29H,1-2H3,(H2,27,32,33)/b23-21+. The fourth-order valence-corrected chi connectivity index (χ4v) is 4.73. The van der Waals surface area contributed by atoms with Crippen molar-refractivity contribution in [3.8, 4) is 5.75 Å². The van der Waals surface area contributed by atoms with Gasteiger partial charge >= 0.3 is 0 Å². The molecule has 0 bridgehead atoms. The van der Waals surface area contributed by atoms with Crippen molar-refractivity contribution in [2.24, 2.45) is 5.14 Å². The molecule has 0 spiro atoms. The number of benzene rings is 3. The number of methoxy groups -OCH3 is 1. The molecule has 1 unspecified atom stereocenters. The molecule has 0 saturated carbocycles. The minimum Gasteiger partial charge on any atom is -0.507 e. The molecule has 3 aromatic rings. The van der Waals surface area contributed by atoms with E-state index in [1.807, 2.05) is 6.92 Å². The number of nitrogens with zero attached hydrogens (tertiary/aromatic N) is 1. The molecule has 10 heteroatoms. The van der Waals surface area contributed by atoms with Crippen molar-refractivity contribution < 1.29 is 27.9 Å². The topological polar surface area (TPSA) is 127 Å². The van der Waals surface area contributed by atoms with E-state index in [9.17, 15) is 23.1 Å². The molecule has 1 amide bonds. The van der Waals surface area contributed by atoms with Crippen molar-refractivity contribution in [1.29, 1.82) is 0 Å². The molecule has 3 aromatic carbocycles. The number of aliphatic hydroxyl groups excluding tert-OH is 1. The highest BCUT2D eigenvalue weighted by Crippen LogP contribution is 2.43. The molecule has 1 fully saturated rings. The minimum atomic E-state index is -3.95. The monoisotopic (exact) mass is 556 g/mol. The average molecular weight is 557 g/mol. The number of sulfonamides is 1. The molecule has 0 radical (unpaired) electrons. The first-order chi connectivity index (χ1) is 16.5. The maximum atomic E-state index is 13.3. The van der Waals surface area contributed by atoms with E-state index in [2.05, 4.69) is 15.9 Å². The van der Waals surface area contributed by atoms with Crippen LogP contribution in [0.2, 0.25) is 0 Å². The number of ketones is 1. The number of carbonyl (C=O) groups is 2. The predicted octanol–water partition coefficient (Wildman–Crippen LogP) is 4.04. The van der Waals surface area contributed by atoms with Gasteiger partial charge in [-0.3, -0.25) is 14.5 Å². The Hall–Kier alpha value is -3.47. The lowest BCUT2D eigenvalue weighted by Crippen LogP contribution is -2.29. The van der Waals surface area contributed by atoms with Gasteiger partial charge in [0.2, 0.25) is 10.0 Å². The van der Waals surface area contributed by atoms with Gasteiger partial charge in [0.05, 0.1) is 23.6 Å². The van der Waals surface area contributed by atoms with Gasteiger partial charge in [0.1, 0.15) is 11.5 Å². The van der Waals surface area contributed by atoms with Gasteiger partial charge in [-0.2, -0.15) is 0 Å². The average Bonchev–Trinajstić information content (AvgIpc) is 3.10. The highest BCUT2D eigenvalue weighted by Gasteiger charge is 2.47. The van der Waals surface area contributed by atoms with E-state index < -0.39 is 27.8 Å². The van der Waals surface area contributed by atoms with Crippen molar-refractivity contribution in [2.45, 2.75) is 17.9 Å². The first-order valence-electron chi connectivity index (χ1n) is 10.4. The fourth-order valence-electron chi connectivity index (χ4n) is 3.97. The second-order valence-electron chi connectivity index (χ2n) is 7.95. The molecule has 0 aromatic heterocycles. The number of nitrogens with two attached hydrogens (primary N) is 1. The summed E-state index contributed by atoms with van der Waals surface area (Å²) in [7, 11) is -2.46. The van der Waals surface area contributed by atoms with Gasteiger partial charge < -0.3 is 9.84 Å². The number of aryl methyl sites for hydroxylation is 1. The van der Waals surface area contributed by atoms with Crippen LogP contribution >= 0.6 is 15.9 Å². The summed E-state index contributed by atoms with van der Waals surface area (Å²) in [6.07, 6.45) is 0. The molecule has 1 saturated heterocycles. The van der Waals surface area contributed by atoms with Crippen LogP contribution in [-0.2, 0) is 19.6 Å². The van der Waals surface area contributed by atoms with E-state index in [-0.39, 0.29) is 21.9 Å². The molecular weight excluding hydrogens is 536 g/mol. The third-order valence-corrected chi connectivity index (χ3v) is 7.55. The summed E-state index contributed by atoms with van der Waals surface area (Å²) in [5.41, 5.74) is 1.90. The normalized spacial score (nSPS) is 17.6. The molecule has 3 N–H and O–H groups in total. The molecule has 35 heavy (non-hydrogen) atoms. The number of anilines is 1. The second-order valence-corrected chi connectivity index (χ2v) is 10.4. The van der Waals surface area contributed by atoms with E-state index in [4.69, 9.17) is 9.88 Å². The summed E-state index contributed by atoms with van der Waals surface area (Å²) in [5, 5.41) is 16.4. The molecule has 0 aliphatic carbocycles. The van der Waals surface area contributed by atoms with E-state index in [1.54, 1.807) is 42.5 Å². The van der Waals surface area contributed by atoms with Crippen LogP contribution in [0.1, 0.15) is 22.7 Å². The summed E-state index contributed by atoms with van der Waals surface area (Å²) in [6, 6.07) is 16.2. The highest BCUT2D eigenvalue weighted by atomic mass is 79.9. The van der Waals surface area contributed by atoms with Gasteiger partial charge in [-0.15, -0.1) is 0 Å². The zero-order valence-corrected chi connectivity index (χ0v) is 21.1. The lowest BCUT2D eigenvalue weighted by molar-refractivity contribution is -0.132. The number of halogens is 1. The van der Waals surface area contributed by atoms with Gasteiger partial charge in [0.25, 0.3) is 11.7 Å². The number of aliphatic hydroxyl groups is 1. The second kappa shape index (κ2) is 9.29. The number of hydrogen-bond donors (Lipinski definition) is 2. The maximum absolute atomic E-state index is 13.3.